The summed E-state index contributed by atoms with van der Waals surface area (Å²) < 4.78 is 15.4. The van der Waals surface area contributed by atoms with E-state index in [1.165, 1.54) is 18.3 Å². The summed E-state index contributed by atoms with van der Waals surface area (Å²) in [4.78, 5) is 23.7. The molecule has 1 aromatic carbocycles. The second-order valence-corrected chi connectivity index (χ2v) is 6.39. The number of carbonyl (C=O) groups excluding carboxylic acids is 1. The molecule has 0 aliphatic heterocycles. The normalized spacial score (nSPS) is 12.2. The van der Waals surface area contributed by atoms with Crippen molar-refractivity contribution in [2.45, 2.75) is 39.3 Å². The number of amides is 1. The average Bonchev–Trinajstić information content (AvgIpc) is 2.90. The molecule has 1 atom stereocenters. The van der Waals surface area contributed by atoms with Crippen LogP contribution < -0.4 is 5.32 Å². The number of hydrogen-bond donors (Lipinski definition) is 2. The number of rotatable bonds is 6. The number of nitrogens with zero attached hydrogens (tertiary/aromatic N) is 2. The zero-order valence-electron chi connectivity index (χ0n) is 14.1. The molecule has 8 heteroatoms. The summed E-state index contributed by atoms with van der Waals surface area (Å²) >= 11 is 5.66. The van der Waals surface area contributed by atoms with Crippen LogP contribution in [0.2, 0.25) is 5.02 Å². The maximum absolute atomic E-state index is 13.7. The van der Waals surface area contributed by atoms with Crippen LogP contribution >= 0.6 is 11.6 Å². The molecule has 2 rings (SSSR count). The molecule has 0 spiro atoms. The number of hydrogen-bond acceptors (Lipinski definition) is 3. The molecule has 0 fully saturated rings. The molecule has 1 amide bonds. The highest BCUT2D eigenvalue weighted by molar-refractivity contribution is 6.30. The van der Waals surface area contributed by atoms with E-state index in [-0.39, 0.29) is 17.5 Å². The Kier molecular flexibility index (Phi) is 5.79. The summed E-state index contributed by atoms with van der Waals surface area (Å²) in [5, 5.41) is 15.8. The molecule has 1 heterocycles. The number of nitrogens with one attached hydrogen (secondary N) is 1. The van der Waals surface area contributed by atoms with Gasteiger partial charge in [0.15, 0.2) is 0 Å². The van der Waals surface area contributed by atoms with Crippen LogP contribution in [0.25, 0.3) is 0 Å². The third kappa shape index (κ3) is 4.36. The molecule has 2 N–H and O–H groups in total. The number of halogens is 2. The van der Waals surface area contributed by atoms with Gasteiger partial charge in [0.25, 0.3) is 5.91 Å². The fraction of sp³-hybridized carbons (Fsp3) is 0.353. The van der Waals surface area contributed by atoms with E-state index >= 15 is 0 Å². The minimum atomic E-state index is -1.12. The second kappa shape index (κ2) is 7.65. The molecule has 1 aromatic heterocycles. The highest BCUT2D eigenvalue weighted by atomic mass is 35.5. The summed E-state index contributed by atoms with van der Waals surface area (Å²) in [5.74, 6) is -2.26. The second-order valence-electron chi connectivity index (χ2n) is 5.98. The Labute approximate surface area is 149 Å². The zero-order chi connectivity index (χ0) is 18.7. The SMILES string of the molecule is Cc1c(C(=O)NC(CC(=O)O)c2ccc(Cl)c(F)c2)cnn1C(C)C. The van der Waals surface area contributed by atoms with Gasteiger partial charge >= 0.3 is 5.97 Å². The van der Waals surface area contributed by atoms with Crippen LogP contribution in [0.1, 0.15) is 54.0 Å². The molecule has 134 valence electrons. The largest absolute Gasteiger partial charge is 0.481 e. The summed E-state index contributed by atoms with van der Waals surface area (Å²) in [5.41, 5.74) is 1.34. The van der Waals surface area contributed by atoms with Gasteiger partial charge in [-0.05, 0) is 38.5 Å². The first-order valence-electron chi connectivity index (χ1n) is 7.72. The lowest BCUT2D eigenvalue weighted by Crippen LogP contribution is -2.30. The molecule has 1 unspecified atom stereocenters. The lowest BCUT2D eigenvalue weighted by Gasteiger charge is -2.18. The van der Waals surface area contributed by atoms with Crippen molar-refractivity contribution in [1.82, 2.24) is 15.1 Å². The lowest BCUT2D eigenvalue weighted by molar-refractivity contribution is -0.137. The maximum atomic E-state index is 13.7. The smallest absolute Gasteiger partial charge is 0.305 e. The quantitative estimate of drug-likeness (QED) is 0.818. The Morgan fingerprint density at radius 2 is 2.08 bits per heavy atom. The molecule has 0 aliphatic rings. The van der Waals surface area contributed by atoms with Crippen molar-refractivity contribution in [3.8, 4) is 0 Å². The van der Waals surface area contributed by atoms with E-state index in [9.17, 15) is 14.0 Å². The Hall–Kier alpha value is -2.41. The standard InChI is InChI=1S/C17H19ClFN3O3/c1-9(2)22-10(3)12(8-20-22)17(25)21-15(7-16(23)24)11-4-5-13(18)14(19)6-11/h4-6,8-9,15H,7H2,1-3H3,(H,21,25)(H,23,24). The fourth-order valence-corrected chi connectivity index (χ4v) is 2.68. The van der Waals surface area contributed by atoms with Crippen LogP contribution in [0.4, 0.5) is 4.39 Å². The topological polar surface area (TPSA) is 84.2 Å². The van der Waals surface area contributed by atoms with Gasteiger partial charge < -0.3 is 10.4 Å². The van der Waals surface area contributed by atoms with Gasteiger partial charge in [-0.25, -0.2) is 4.39 Å². The van der Waals surface area contributed by atoms with Gasteiger partial charge in [-0.3, -0.25) is 14.3 Å². The minimum Gasteiger partial charge on any atom is -0.481 e. The summed E-state index contributed by atoms with van der Waals surface area (Å²) in [7, 11) is 0. The van der Waals surface area contributed by atoms with E-state index in [4.69, 9.17) is 16.7 Å². The maximum Gasteiger partial charge on any atom is 0.305 e. The van der Waals surface area contributed by atoms with Crippen molar-refractivity contribution in [3.63, 3.8) is 0 Å². The van der Waals surface area contributed by atoms with Gasteiger partial charge in [-0.2, -0.15) is 5.10 Å². The third-order valence-electron chi connectivity index (χ3n) is 3.81. The minimum absolute atomic E-state index is 0.0711. The van der Waals surface area contributed by atoms with Crippen molar-refractivity contribution in [2.24, 2.45) is 0 Å². The predicted molar refractivity (Wildman–Crippen MR) is 91.2 cm³/mol. The van der Waals surface area contributed by atoms with Crippen LogP contribution in [0, 0.1) is 12.7 Å². The first kappa shape index (κ1) is 18.9. The van der Waals surface area contributed by atoms with E-state index in [1.54, 1.807) is 11.6 Å². The molecule has 25 heavy (non-hydrogen) atoms. The Bertz CT molecular complexity index is 804. The van der Waals surface area contributed by atoms with Gasteiger partial charge in [0, 0.05) is 11.7 Å². The van der Waals surface area contributed by atoms with Gasteiger partial charge in [-0.15, -0.1) is 0 Å². The number of benzene rings is 1. The molecule has 2 aromatic rings. The van der Waals surface area contributed by atoms with Crippen molar-refractivity contribution in [3.05, 3.63) is 52.1 Å². The van der Waals surface area contributed by atoms with E-state index in [1.807, 2.05) is 13.8 Å². The Morgan fingerprint density at radius 1 is 1.40 bits per heavy atom. The molecular formula is C17H19ClFN3O3. The van der Waals surface area contributed by atoms with Crippen LogP contribution in [0.5, 0.6) is 0 Å². The lowest BCUT2D eigenvalue weighted by atomic mass is 10.0. The van der Waals surface area contributed by atoms with Crippen LogP contribution in [-0.4, -0.2) is 26.8 Å². The van der Waals surface area contributed by atoms with E-state index in [0.717, 1.165) is 6.07 Å². The summed E-state index contributed by atoms with van der Waals surface area (Å²) in [6.45, 7) is 5.63. The predicted octanol–water partition coefficient (Wildman–Crippen LogP) is 3.51. The van der Waals surface area contributed by atoms with Gasteiger partial charge in [-0.1, -0.05) is 17.7 Å². The molecule has 0 radical (unpaired) electrons. The van der Waals surface area contributed by atoms with Crippen molar-refractivity contribution in [2.75, 3.05) is 0 Å². The summed E-state index contributed by atoms with van der Waals surface area (Å²) in [6, 6.07) is 3.14. The monoisotopic (exact) mass is 367 g/mol. The Balaban J connectivity index is 2.29. The van der Waals surface area contributed by atoms with Crippen LogP contribution in [0.3, 0.4) is 0 Å². The molecule has 0 saturated heterocycles. The molecule has 0 aliphatic carbocycles. The van der Waals surface area contributed by atoms with Gasteiger partial charge in [0.05, 0.1) is 29.2 Å². The molecule has 0 saturated carbocycles. The van der Waals surface area contributed by atoms with Gasteiger partial charge in [0.1, 0.15) is 5.82 Å². The average molecular weight is 368 g/mol. The Morgan fingerprint density at radius 3 is 2.60 bits per heavy atom. The number of carboxylic acid groups (broad SMARTS) is 1. The van der Waals surface area contributed by atoms with E-state index in [0.29, 0.717) is 16.8 Å². The first-order valence-corrected chi connectivity index (χ1v) is 8.10. The highest BCUT2D eigenvalue weighted by Crippen LogP contribution is 2.23. The fourth-order valence-electron chi connectivity index (χ4n) is 2.56. The zero-order valence-corrected chi connectivity index (χ0v) is 14.8. The number of carboxylic acids is 1. The van der Waals surface area contributed by atoms with Gasteiger partial charge in [0.2, 0.25) is 0 Å². The van der Waals surface area contributed by atoms with Crippen LogP contribution in [-0.2, 0) is 4.79 Å². The highest BCUT2D eigenvalue weighted by Gasteiger charge is 2.22. The van der Waals surface area contributed by atoms with Crippen molar-refractivity contribution >= 4 is 23.5 Å². The summed E-state index contributed by atoms with van der Waals surface area (Å²) in [6.07, 6.45) is 1.05. The molecule has 0 bridgehead atoms. The number of aliphatic carboxylic acids is 1. The van der Waals surface area contributed by atoms with E-state index < -0.39 is 23.7 Å². The molecular weight excluding hydrogens is 349 g/mol. The third-order valence-corrected chi connectivity index (χ3v) is 4.12. The number of aromatic nitrogens is 2. The van der Waals surface area contributed by atoms with E-state index in [2.05, 4.69) is 10.4 Å². The van der Waals surface area contributed by atoms with Crippen LogP contribution in [0.15, 0.2) is 24.4 Å². The molecule has 6 nitrogen and oxygen atoms in total. The first-order chi connectivity index (χ1) is 11.7. The number of carbonyl (C=O) groups is 2. The van der Waals surface area contributed by atoms with Crippen molar-refractivity contribution < 1.29 is 19.1 Å². The van der Waals surface area contributed by atoms with Crippen molar-refractivity contribution in [1.29, 1.82) is 0 Å².